The molecule has 0 spiro atoms. The first kappa shape index (κ1) is 9.17. The van der Waals surface area contributed by atoms with Crippen LogP contribution in [0.2, 0.25) is 0 Å². The van der Waals surface area contributed by atoms with E-state index in [9.17, 15) is 4.39 Å². The van der Waals surface area contributed by atoms with Crippen LogP contribution in [0, 0.1) is 12.7 Å². The summed E-state index contributed by atoms with van der Waals surface area (Å²) in [5, 5.41) is 0. The second-order valence-electron chi connectivity index (χ2n) is 1.83. The van der Waals surface area contributed by atoms with Gasteiger partial charge in [-0.05, 0) is 18.6 Å². The third-order valence-electron chi connectivity index (χ3n) is 1.11. The van der Waals surface area contributed by atoms with Gasteiger partial charge in [0.05, 0.1) is 0 Å². The van der Waals surface area contributed by atoms with Crippen LogP contribution in [0.3, 0.4) is 0 Å². The van der Waals surface area contributed by atoms with E-state index in [1.54, 1.807) is 13.0 Å². The van der Waals surface area contributed by atoms with Crippen LogP contribution in [-0.2, 0) is 0 Å². The summed E-state index contributed by atoms with van der Waals surface area (Å²) in [5.41, 5.74) is 5.66. The fourth-order valence-corrected chi connectivity index (χ4v) is 0.561. The van der Waals surface area contributed by atoms with Gasteiger partial charge in [-0.25, -0.2) is 9.37 Å². The van der Waals surface area contributed by atoms with E-state index < -0.39 is 5.82 Å². The van der Waals surface area contributed by atoms with Crippen molar-refractivity contribution < 1.29 is 4.39 Å². The highest BCUT2D eigenvalue weighted by molar-refractivity contribution is 5.85. The van der Waals surface area contributed by atoms with E-state index in [2.05, 4.69) is 4.98 Å². The second-order valence-corrected chi connectivity index (χ2v) is 1.83. The Bertz CT molecular complexity index is 207. The number of halogens is 2. The molecule has 10 heavy (non-hydrogen) atoms. The summed E-state index contributed by atoms with van der Waals surface area (Å²) in [5.74, 6) is -0.451. The maximum absolute atomic E-state index is 12.5. The first-order valence-electron chi connectivity index (χ1n) is 2.58. The lowest BCUT2D eigenvalue weighted by molar-refractivity contribution is 0.618. The standard InChI is InChI=1S/C6H7FN2.ClH/c1-4-2-3-9-6(8)5(4)7;/h2-3H,1H3,(H2,8,9);1H. The van der Waals surface area contributed by atoms with E-state index in [4.69, 9.17) is 5.73 Å². The van der Waals surface area contributed by atoms with Crippen molar-refractivity contribution in [2.45, 2.75) is 6.92 Å². The maximum atomic E-state index is 12.5. The molecule has 1 heterocycles. The summed E-state index contributed by atoms with van der Waals surface area (Å²) in [4.78, 5) is 3.54. The molecule has 4 heteroatoms. The highest BCUT2D eigenvalue weighted by Gasteiger charge is 1.99. The molecule has 1 rings (SSSR count). The van der Waals surface area contributed by atoms with Crippen LogP contribution in [0.5, 0.6) is 0 Å². The number of rotatable bonds is 0. The lowest BCUT2D eigenvalue weighted by Crippen LogP contribution is -1.95. The molecule has 0 aromatic carbocycles. The predicted molar refractivity (Wildman–Crippen MR) is 40.6 cm³/mol. The Morgan fingerprint density at radius 3 is 2.60 bits per heavy atom. The molecule has 0 bridgehead atoms. The average Bonchev–Trinajstić information content (AvgIpc) is 1.83. The van der Waals surface area contributed by atoms with Crippen molar-refractivity contribution in [1.82, 2.24) is 4.98 Å². The first-order chi connectivity index (χ1) is 4.22. The predicted octanol–water partition coefficient (Wildman–Crippen LogP) is 1.53. The maximum Gasteiger partial charge on any atom is 0.168 e. The molecule has 0 amide bonds. The smallest absolute Gasteiger partial charge is 0.168 e. The van der Waals surface area contributed by atoms with E-state index in [0.29, 0.717) is 5.56 Å². The van der Waals surface area contributed by atoms with Crippen molar-refractivity contribution in [2.24, 2.45) is 0 Å². The van der Waals surface area contributed by atoms with Crippen molar-refractivity contribution in [3.05, 3.63) is 23.6 Å². The molecule has 2 nitrogen and oxygen atoms in total. The third kappa shape index (κ3) is 1.57. The second kappa shape index (κ2) is 3.37. The van der Waals surface area contributed by atoms with E-state index >= 15 is 0 Å². The number of pyridine rings is 1. The lowest BCUT2D eigenvalue weighted by atomic mass is 10.3. The molecule has 0 radical (unpaired) electrons. The van der Waals surface area contributed by atoms with Crippen LogP contribution in [-0.4, -0.2) is 4.98 Å². The van der Waals surface area contributed by atoms with Gasteiger partial charge < -0.3 is 5.73 Å². The average molecular weight is 163 g/mol. The zero-order chi connectivity index (χ0) is 6.85. The summed E-state index contributed by atoms with van der Waals surface area (Å²) >= 11 is 0. The molecule has 0 aliphatic rings. The van der Waals surface area contributed by atoms with Gasteiger partial charge in [0.1, 0.15) is 0 Å². The minimum atomic E-state index is -0.419. The number of hydrogen-bond donors (Lipinski definition) is 1. The number of aryl methyl sites for hydroxylation is 1. The topological polar surface area (TPSA) is 38.9 Å². The van der Waals surface area contributed by atoms with Crippen molar-refractivity contribution >= 4 is 18.2 Å². The van der Waals surface area contributed by atoms with Gasteiger partial charge in [-0.1, -0.05) is 0 Å². The molecule has 2 N–H and O–H groups in total. The van der Waals surface area contributed by atoms with Crippen molar-refractivity contribution in [2.75, 3.05) is 5.73 Å². The fraction of sp³-hybridized carbons (Fsp3) is 0.167. The highest BCUT2D eigenvalue weighted by Crippen LogP contribution is 2.08. The Hall–Kier alpha value is -0.830. The molecule has 0 fully saturated rings. The Kier molecular flexibility index (Phi) is 3.09. The molecular formula is C6H8ClFN2. The van der Waals surface area contributed by atoms with Crippen molar-refractivity contribution in [3.8, 4) is 0 Å². The molecule has 0 aliphatic heterocycles. The van der Waals surface area contributed by atoms with Crippen LogP contribution in [0.4, 0.5) is 10.2 Å². The lowest BCUT2D eigenvalue weighted by Gasteiger charge is -1.95. The third-order valence-corrected chi connectivity index (χ3v) is 1.11. The molecule has 0 saturated carbocycles. The van der Waals surface area contributed by atoms with Gasteiger partial charge >= 0.3 is 0 Å². The minimum Gasteiger partial charge on any atom is -0.381 e. The number of aromatic nitrogens is 1. The van der Waals surface area contributed by atoms with E-state index in [-0.39, 0.29) is 18.2 Å². The van der Waals surface area contributed by atoms with E-state index in [0.717, 1.165) is 0 Å². The van der Waals surface area contributed by atoms with Gasteiger partial charge in [0.25, 0.3) is 0 Å². The van der Waals surface area contributed by atoms with E-state index in [1.165, 1.54) is 6.20 Å². The van der Waals surface area contributed by atoms with Gasteiger partial charge in [-0.15, -0.1) is 12.4 Å². The Labute approximate surface area is 64.7 Å². The quantitative estimate of drug-likeness (QED) is 0.629. The van der Waals surface area contributed by atoms with Gasteiger partial charge in [-0.2, -0.15) is 0 Å². The SMILES string of the molecule is Cc1ccnc(N)c1F.Cl. The molecule has 1 aromatic rings. The highest BCUT2D eigenvalue weighted by atomic mass is 35.5. The van der Waals surface area contributed by atoms with Crippen molar-refractivity contribution in [3.63, 3.8) is 0 Å². The number of nitrogens with two attached hydrogens (primary N) is 1. The molecule has 56 valence electrons. The van der Waals surface area contributed by atoms with Gasteiger partial charge in [0.2, 0.25) is 0 Å². The molecule has 0 atom stereocenters. The van der Waals surface area contributed by atoms with Crippen molar-refractivity contribution in [1.29, 1.82) is 0 Å². The Morgan fingerprint density at radius 2 is 2.20 bits per heavy atom. The van der Waals surface area contributed by atoms with Crippen LogP contribution < -0.4 is 5.73 Å². The summed E-state index contributed by atoms with van der Waals surface area (Å²) in [7, 11) is 0. The summed E-state index contributed by atoms with van der Waals surface area (Å²) < 4.78 is 12.5. The molecule has 0 aliphatic carbocycles. The van der Waals surface area contributed by atoms with Crippen LogP contribution in [0.25, 0.3) is 0 Å². The van der Waals surface area contributed by atoms with E-state index in [1.807, 2.05) is 0 Å². The number of hydrogen-bond acceptors (Lipinski definition) is 2. The van der Waals surface area contributed by atoms with Gasteiger partial charge in [-0.3, -0.25) is 0 Å². The summed E-state index contributed by atoms with van der Waals surface area (Å²) in [6.45, 7) is 1.65. The Balaban J connectivity index is 0.000000810. The fourth-order valence-electron chi connectivity index (χ4n) is 0.561. The van der Waals surface area contributed by atoms with Gasteiger partial charge in [0, 0.05) is 6.20 Å². The normalized spacial score (nSPS) is 8.60. The van der Waals surface area contributed by atoms with Crippen LogP contribution >= 0.6 is 12.4 Å². The Morgan fingerprint density at radius 1 is 1.60 bits per heavy atom. The minimum absolute atomic E-state index is 0. The number of nitrogen functional groups attached to an aromatic ring is 1. The molecule has 1 aromatic heterocycles. The zero-order valence-electron chi connectivity index (χ0n) is 5.47. The first-order valence-corrected chi connectivity index (χ1v) is 2.58. The number of anilines is 1. The monoisotopic (exact) mass is 162 g/mol. The molecule has 0 unspecified atom stereocenters. The zero-order valence-corrected chi connectivity index (χ0v) is 6.28. The molecular weight excluding hydrogens is 155 g/mol. The summed E-state index contributed by atoms with van der Waals surface area (Å²) in [6, 6.07) is 1.58. The largest absolute Gasteiger partial charge is 0.381 e. The molecule has 0 saturated heterocycles. The number of nitrogens with zero attached hydrogens (tertiary/aromatic N) is 1. The van der Waals surface area contributed by atoms with Crippen LogP contribution in [0.1, 0.15) is 5.56 Å². The summed E-state index contributed by atoms with van der Waals surface area (Å²) in [6.07, 6.45) is 1.48. The van der Waals surface area contributed by atoms with Gasteiger partial charge in [0.15, 0.2) is 11.6 Å². The van der Waals surface area contributed by atoms with Crippen LogP contribution in [0.15, 0.2) is 12.3 Å².